The SMILES string of the molecule is C[C@H](N[P@@](=O)(OC[C@H]1O[C@@H](n2ccc(=O)[nH]c2=O)C(O)(C#CCl)C1O)Oc1cccc2ccccc12)C(=O)OCC(C)(C)C. The number of carbonyl (C=O) groups excluding carboxylic acids is 1. The minimum atomic E-state index is -4.47. The van der Waals surface area contributed by atoms with Crippen LogP contribution < -0.4 is 20.9 Å². The van der Waals surface area contributed by atoms with Crippen LogP contribution in [0.1, 0.15) is 33.9 Å². The third-order valence-electron chi connectivity index (χ3n) is 6.56. The molecule has 4 rings (SSSR count). The lowest BCUT2D eigenvalue weighted by atomic mass is 9.95. The number of nitrogens with one attached hydrogen (secondary N) is 2. The van der Waals surface area contributed by atoms with Crippen LogP contribution in [0.5, 0.6) is 5.75 Å². The van der Waals surface area contributed by atoms with Crippen LogP contribution in [0.2, 0.25) is 0 Å². The summed E-state index contributed by atoms with van der Waals surface area (Å²) in [5.41, 5.74) is -4.43. The van der Waals surface area contributed by atoms with E-state index in [1.807, 2.05) is 49.3 Å². The third kappa shape index (κ3) is 7.60. The Morgan fingerprint density at radius 2 is 1.93 bits per heavy atom. The molecule has 1 aliphatic rings. The van der Waals surface area contributed by atoms with E-state index < -0.39 is 61.7 Å². The maximum Gasteiger partial charge on any atom is 0.459 e. The Morgan fingerprint density at radius 3 is 2.61 bits per heavy atom. The Kier molecular flexibility index (Phi) is 10.1. The number of carbonyl (C=O) groups is 1. The highest BCUT2D eigenvalue weighted by Gasteiger charge is 2.56. The Labute approximate surface area is 257 Å². The molecule has 0 bridgehead atoms. The predicted octanol–water partition coefficient (Wildman–Crippen LogP) is 2.65. The highest BCUT2D eigenvalue weighted by Crippen LogP contribution is 2.48. The molecular weight excluding hydrogens is 617 g/mol. The molecule has 13 nitrogen and oxygen atoms in total. The molecule has 1 saturated heterocycles. The van der Waals surface area contributed by atoms with Crippen molar-refractivity contribution in [2.75, 3.05) is 13.2 Å². The maximum atomic E-state index is 14.2. The molecule has 15 heteroatoms. The van der Waals surface area contributed by atoms with Crippen LogP contribution in [-0.2, 0) is 23.4 Å². The smallest absolute Gasteiger partial charge is 0.459 e. The van der Waals surface area contributed by atoms with Crippen LogP contribution in [0.25, 0.3) is 10.8 Å². The highest BCUT2D eigenvalue weighted by molar-refractivity contribution is 7.52. The molecule has 1 fully saturated rings. The molecule has 2 unspecified atom stereocenters. The van der Waals surface area contributed by atoms with E-state index in [4.69, 9.17) is 30.1 Å². The quantitative estimate of drug-likeness (QED) is 0.144. The number of aliphatic hydroxyl groups is 2. The van der Waals surface area contributed by atoms with Gasteiger partial charge in [-0.3, -0.25) is 23.7 Å². The Balaban J connectivity index is 1.63. The van der Waals surface area contributed by atoms with E-state index in [1.165, 1.54) is 6.92 Å². The lowest BCUT2D eigenvalue weighted by Gasteiger charge is -2.26. The molecule has 3 aromatic rings. The first-order valence-electron chi connectivity index (χ1n) is 13.5. The van der Waals surface area contributed by atoms with Crippen molar-refractivity contribution in [3.63, 3.8) is 0 Å². The van der Waals surface area contributed by atoms with Gasteiger partial charge in [-0.05, 0) is 41.3 Å². The summed E-state index contributed by atoms with van der Waals surface area (Å²) in [6.07, 6.45) is -3.91. The molecular formula is C29H33ClN3O10P. The number of aromatic amines is 1. The molecule has 0 aliphatic carbocycles. The van der Waals surface area contributed by atoms with Gasteiger partial charge in [-0.15, -0.1) is 0 Å². The van der Waals surface area contributed by atoms with Gasteiger partial charge in [0.1, 0.15) is 24.0 Å². The van der Waals surface area contributed by atoms with Crippen molar-refractivity contribution >= 4 is 36.1 Å². The molecule has 1 aliphatic heterocycles. The molecule has 0 radical (unpaired) electrons. The zero-order chi connectivity index (χ0) is 32.3. The van der Waals surface area contributed by atoms with E-state index in [1.54, 1.807) is 24.3 Å². The summed E-state index contributed by atoms with van der Waals surface area (Å²) in [7, 11) is -4.47. The van der Waals surface area contributed by atoms with Gasteiger partial charge in [0.25, 0.3) is 5.56 Å². The average Bonchev–Trinajstić information content (AvgIpc) is 3.19. The summed E-state index contributed by atoms with van der Waals surface area (Å²) in [4.78, 5) is 38.8. The van der Waals surface area contributed by atoms with Gasteiger partial charge in [-0.25, -0.2) is 9.36 Å². The number of H-pyrrole nitrogens is 1. The van der Waals surface area contributed by atoms with Crippen molar-refractivity contribution < 1.29 is 38.1 Å². The monoisotopic (exact) mass is 649 g/mol. The average molecular weight is 650 g/mol. The lowest BCUT2D eigenvalue weighted by Crippen LogP contribution is -2.48. The van der Waals surface area contributed by atoms with Crippen molar-refractivity contribution in [3.05, 3.63) is 75.6 Å². The van der Waals surface area contributed by atoms with Crippen LogP contribution in [0.4, 0.5) is 0 Å². The standard InChI is InChI=1S/C29H33ClN3O10P/c1-18(25(36)40-17-28(2,3)4)32-44(39,43-21-11-7-9-19-8-5-6-10-20(19)21)41-16-22-24(35)29(38,13-14-30)26(42-22)33-15-12-23(34)31-27(33)37/h5-12,15,18,22,24,26,35,38H,16-17H2,1-4H3,(H,32,39)(H,31,34,37)/t18-,22+,24?,26+,29?,44+/m0/s1. The largest absolute Gasteiger partial charge is 0.464 e. The van der Waals surface area contributed by atoms with E-state index >= 15 is 0 Å². The van der Waals surface area contributed by atoms with Crippen LogP contribution >= 0.6 is 19.3 Å². The summed E-state index contributed by atoms with van der Waals surface area (Å²) >= 11 is 5.55. The minimum Gasteiger partial charge on any atom is -0.464 e. The number of halogens is 1. The Morgan fingerprint density at radius 1 is 1.23 bits per heavy atom. The fourth-order valence-electron chi connectivity index (χ4n) is 4.37. The van der Waals surface area contributed by atoms with Crippen molar-refractivity contribution in [1.82, 2.24) is 14.6 Å². The van der Waals surface area contributed by atoms with E-state index in [-0.39, 0.29) is 17.8 Å². The molecule has 1 aromatic heterocycles. The summed E-state index contributed by atoms with van der Waals surface area (Å²) < 4.78 is 37.7. The number of hydrogen-bond acceptors (Lipinski definition) is 10. The number of hydrogen-bond donors (Lipinski definition) is 4. The number of nitrogens with zero attached hydrogens (tertiary/aromatic N) is 1. The first kappa shape index (κ1) is 33.4. The summed E-state index contributed by atoms with van der Waals surface area (Å²) in [6, 6.07) is 12.1. The number of benzene rings is 2. The van der Waals surface area contributed by atoms with Gasteiger partial charge in [0.15, 0.2) is 6.23 Å². The number of rotatable bonds is 10. The molecule has 2 aromatic carbocycles. The van der Waals surface area contributed by atoms with Gasteiger partial charge in [0, 0.05) is 23.0 Å². The molecule has 236 valence electrons. The van der Waals surface area contributed by atoms with Gasteiger partial charge < -0.3 is 24.2 Å². The first-order valence-corrected chi connectivity index (χ1v) is 15.4. The van der Waals surface area contributed by atoms with Crippen LogP contribution in [0.15, 0.2) is 64.3 Å². The van der Waals surface area contributed by atoms with Crippen molar-refractivity contribution in [1.29, 1.82) is 0 Å². The van der Waals surface area contributed by atoms with E-state index in [9.17, 15) is 29.2 Å². The molecule has 0 spiro atoms. The zero-order valence-electron chi connectivity index (χ0n) is 24.4. The van der Waals surface area contributed by atoms with Crippen molar-refractivity contribution in [2.24, 2.45) is 5.41 Å². The van der Waals surface area contributed by atoms with Crippen LogP contribution in [0, 0.1) is 16.7 Å². The lowest BCUT2D eigenvalue weighted by molar-refractivity contribution is -0.148. The summed E-state index contributed by atoms with van der Waals surface area (Å²) in [6.45, 7) is 6.48. The van der Waals surface area contributed by atoms with Crippen molar-refractivity contribution in [3.8, 4) is 17.0 Å². The molecule has 6 atom stereocenters. The van der Waals surface area contributed by atoms with Crippen LogP contribution in [0.3, 0.4) is 0 Å². The topological polar surface area (TPSA) is 178 Å². The zero-order valence-corrected chi connectivity index (χ0v) is 26.0. The maximum absolute atomic E-state index is 14.2. The second-order valence-corrected chi connectivity index (χ2v) is 13.3. The van der Waals surface area contributed by atoms with Gasteiger partial charge >= 0.3 is 19.4 Å². The highest BCUT2D eigenvalue weighted by atomic mass is 35.5. The number of esters is 1. The molecule has 2 heterocycles. The van der Waals surface area contributed by atoms with Crippen LogP contribution in [-0.4, -0.2) is 62.8 Å². The predicted molar refractivity (Wildman–Crippen MR) is 161 cm³/mol. The van der Waals surface area contributed by atoms with E-state index in [0.29, 0.717) is 5.39 Å². The third-order valence-corrected chi connectivity index (χ3v) is 8.29. The Bertz CT molecular complexity index is 1740. The second kappa shape index (κ2) is 13.3. The normalized spacial score (nSPS) is 23.8. The van der Waals surface area contributed by atoms with E-state index in [0.717, 1.165) is 22.2 Å². The second-order valence-electron chi connectivity index (χ2n) is 11.4. The van der Waals surface area contributed by atoms with Gasteiger partial charge in [0.2, 0.25) is 5.60 Å². The molecule has 44 heavy (non-hydrogen) atoms. The van der Waals surface area contributed by atoms with Gasteiger partial charge in [0.05, 0.1) is 13.2 Å². The van der Waals surface area contributed by atoms with E-state index in [2.05, 4.69) is 11.0 Å². The van der Waals surface area contributed by atoms with Crippen molar-refractivity contribution in [2.45, 2.75) is 57.8 Å². The number of ether oxygens (including phenoxy) is 2. The van der Waals surface area contributed by atoms with Gasteiger partial charge in [-0.2, -0.15) is 5.09 Å². The summed E-state index contributed by atoms with van der Waals surface area (Å²) in [5.74, 6) is 1.69. The van der Waals surface area contributed by atoms with Gasteiger partial charge in [-0.1, -0.05) is 57.2 Å². The fraction of sp³-hybridized carbons (Fsp3) is 0.414. The molecule has 0 saturated carbocycles. The molecule has 0 amide bonds. The Hall–Kier alpha value is -3.47. The first-order chi connectivity index (χ1) is 20.7. The fourth-order valence-corrected chi connectivity index (χ4v) is 6.05. The number of fused-ring (bicyclic) bond motifs is 1. The minimum absolute atomic E-state index is 0.0982. The molecule has 4 N–H and O–H groups in total. The number of aromatic nitrogens is 2. The summed E-state index contributed by atoms with van der Waals surface area (Å²) in [5, 5.41) is 28.2. The number of aliphatic hydroxyl groups excluding tert-OH is 1.